The Morgan fingerprint density at radius 1 is 1.39 bits per heavy atom. The van der Waals surface area contributed by atoms with Crippen molar-refractivity contribution in [2.24, 2.45) is 0 Å². The molecule has 1 aromatic carbocycles. The topological polar surface area (TPSA) is 70.7 Å². The van der Waals surface area contributed by atoms with Crippen LogP contribution in [0, 0.1) is 13.8 Å². The van der Waals surface area contributed by atoms with E-state index < -0.39 is 0 Å². The minimum Gasteiger partial charge on any atom is -0.325 e. The van der Waals surface area contributed by atoms with Crippen LogP contribution in [0.1, 0.15) is 11.1 Å². The average Bonchev–Trinajstić information content (AvgIpc) is 2.84. The van der Waals surface area contributed by atoms with E-state index in [4.69, 9.17) is 0 Å². The van der Waals surface area contributed by atoms with Crippen molar-refractivity contribution >= 4 is 23.4 Å². The Kier molecular flexibility index (Phi) is 3.99. The Labute approximate surface area is 109 Å². The van der Waals surface area contributed by atoms with Gasteiger partial charge in [-0.25, -0.2) is 4.98 Å². The van der Waals surface area contributed by atoms with Gasteiger partial charge in [0.2, 0.25) is 5.91 Å². The number of nitrogens with one attached hydrogen (secondary N) is 2. The largest absolute Gasteiger partial charge is 0.325 e. The molecule has 2 rings (SSSR count). The summed E-state index contributed by atoms with van der Waals surface area (Å²) in [6.45, 7) is 3.96. The summed E-state index contributed by atoms with van der Waals surface area (Å²) in [5.74, 6) is 0.261. The van der Waals surface area contributed by atoms with Gasteiger partial charge in [-0.2, -0.15) is 5.10 Å². The number of aromatic amines is 1. The first-order chi connectivity index (χ1) is 8.66. The minimum atomic E-state index is -0.0474. The number of anilines is 1. The molecule has 0 saturated carbocycles. The van der Waals surface area contributed by atoms with E-state index in [0.717, 1.165) is 16.8 Å². The second kappa shape index (κ2) is 5.68. The van der Waals surface area contributed by atoms with Gasteiger partial charge in [0.05, 0.1) is 5.75 Å². The summed E-state index contributed by atoms with van der Waals surface area (Å²) in [4.78, 5) is 15.8. The third-order valence-corrected chi connectivity index (χ3v) is 3.36. The molecule has 1 amide bonds. The van der Waals surface area contributed by atoms with E-state index >= 15 is 0 Å². The Bertz CT molecular complexity index is 519. The first-order valence-corrected chi connectivity index (χ1v) is 6.49. The maximum absolute atomic E-state index is 11.8. The molecule has 94 valence electrons. The smallest absolute Gasteiger partial charge is 0.234 e. The Balaban J connectivity index is 1.95. The number of nitrogens with zero attached hydrogens (tertiary/aromatic N) is 2. The van der Waals surface area contributed by atoms with Crippen molar-refractivity contribution in [2.75, 3.05) is 11.1 Å². The van der Waals surface area contributed by atoms with E-state index in [1.54, 1.807) is 0 Å². The number of carbonyl (C=O) groups is 1. The lowest BCUT2D eigenvalue weighted by Crippen LogP contribution is -2.15. The summed E-state index contributed by atoms with van der Waals surface area (Å²) in [5, 5.41) is 9.99. The van der Waals surface area contributed by atoms with Crippen LogP contribution in [0.25, 0.3) is 0 Å². The van der Waals surface area contributed by atoms with Crippen LogP contribution in [0.2, 0.25) is 0 Å². The Hall–Kier alpha value is -1.82. The molecule has 0 unspecified atom stereocenters. The number of aryl methyl sites for hydroxylation is 2. The average molecular weight is 262 g/mol. The molecule has 6 heteroatoms. The van der Waals surface area contributed by atoms with Crippen LogP contribution < -0.4 is 5.32 Å². The number of amides is 1. The normalized spacial score (nSPS) is 10.3. The lowest BCUT2D eigenvalue weighted by Gasteiger charge is -2.10. The Morgan fingerprint density at radius 2 is 2.11 bits per heavy atom. The van der Waals surface area contributed by atoms with Crippen LogP contribution in [0.4, 0.5) is 5.69 Å². The highest BCUT2D eigenvalue weighted by Gasteiger charge is 2.08. The number of thioether (sulfide) groups is 1. The van der Waals surface area contributed by atoms with Crippen molar-refractivity contribution in [1.82, 2.24) is 15.2 Å². The zero-order valence-electron chi connectivity index (χ0n) is 10.2. The van der Waals surface area contributed by atoms with Crippen LogP contribution in [-0.2, 0) is 4.79 Å². The molecule has 18 heavy (non-hydrogen) atoms. The zero-order valence-corrected chi connectivity index (χ0v) is 11.0. The van der Waals surface area contributed by atoms with E-state index in [2.05, 4.69) is 20.5 Å². The molecule has 0 radical (unpaired) electrons. The molecular weight excluding hydrogens is 248 g/mol. The summed E-state index contributed by atoms with van der Waals surface area (Å²) in [6, 6.07) is 5.93. The molecule has 5 nitrogen and oxygen atoms in total. The number of hydrogen-bond acceptors (Lipinski definition) is 4. The summed E-state index contributed by atoms with van der Waals surface area (Å²) in [5.41, 5.74) is 3.02. The van der Waals surface area contributed by atoms with Crippen LogP contribution in [0.5, 0.6) is 0 Å². The fraction of sp³-hybridized carbons (Fsp3) is 0.250. The van der Waals surface area contributed by atoms with E-state index in [0.29, 0.717) is 10.9 Å². The number of para-hydroxylation sites is 1. The third-order valence-electron chi connectivity index (χ3n) is 2.48. The maximum atomic E-state index is 11.8. The second-order valence-corrected chi connectivity index (χ2v) is 4.86. The summed E-state index contributed by atoms with van der Waals surface area (Å²) < 4.78 is 0. The highest BCUT2D eigenvalue weighted by atomic mass is 32.2. The summed E-state index contributed by atoms with van der Waals surface area (Å²) in [6.07, 6.45) is 1.42. The molecule has 0 saturated heterocycles. The van der Waals surface area contributed by atoms with E-state index in [1.807, 2.05) is 32.0 Å². The van der Waals surface area contributed by atoms with Crippen LogP contribution in [0.3, 0.4) is 0 Å². The van der Waals surface area contributed by atoms with Gasteiger partial charge in [0.15, 0.2) is 5.16 Å². The number of aromatic nitrogens is 3. The maximum Gasteiger partial charge on any atom is 0.234 e. The predicted octanol–water partition coefficient (Wildman–Crippen LogP) is 2.15. The second-order valence-electron chi connectivity index (χ2n) is 3.89. The quantitative estimate of drug-likeness (QED) is 0.828. The fourth-order valence-corrected chi connectivity index (χ4v) is 2.16. The van der Waals surface area contributed by atoms with E-state index in [1.165, 1.54) is 18.1 Å². The molecule has 0 aliphatic rings. The highest BCUT2D eigenvalue weighted by molar-refractivity contribution is 7.99. The van der Waals surface area contributed by atoms with Gasteiger partial charge in [-0.05, 0) is 25.0 Å². The van der Waals surface area contributed by atoms with Crippen molar-refractivity contribution < 1.29 is 4.79 Å². The van der Waals surface area contributed by atoms with Crippen molar-refractivity contribution in [3.63, 3.8) is 0 Å². The van der Waals surface area contributed by atoms with Crippen molar-refractivity contribution in [3.05, 3.63) is 35.7 Å². The van der Waals surface area contributed by atoms with Crippen molar-refractivity contribution in [1.29, 1.82) is 0 Å². The van der Waals surface area contributed by atoms with Gasteiger partial charge in [-0.1, -0.05) is 30.0 Å². The lowest BCUT2D eigenvalue weighted by atomic mass is 10.1. The van der Waals surface area contributed by atoms with Gasteiger partial charge in [-0.3, -0.25) is 9.89 Å². The summed E-state index contributed by atoms with van der Waals surface area (Å²) >= 11 is 1.32. The molecule has 0 bridgehead atoms. The number of hydrogen-bond donors (Lipinski definition) is 2. The SMILES string of the molecule is Cc1cccc(C)c1NC(=O)CSc1ncn[nH]1. The fourth-order valence-electron chi connectivity index (χ4n) is 1.58. The van der Waals surface area contributed by atoms with Crippen LogP contribution >= 0.6 is 11.8 Å². The number of H-pyrrole nitrogens is 1. The lowest BCUT2D eigenvalue weighted by molar-refractivity contribution is -0.113. The number of carbonyl (C=O) groups excluding carboxylic acids is 1. The molecule has 0 atom stereocenters. The molecule has 2 N–H and O–H groups in total. The number of benzene rings is 1. The van der Waals surface area contributed by atoms with Gasteiger partial charge in [0, 0.05) is 5.69 Å². The Morgan fingerprint density at radius 3 is 2.72 bits per heavy atom. The first kappa shape index (κ1) is 12.6. The van der Waals surface area contributed by atoms with Crippen molar-refractivity contribution in [3.8, 4) is 0 Å². The predicted molar refractivity (Wildman–Crippen MR) is 71.7 cm³/mol. The van der Waals surface area contributed by atoms with Crippen LogP contribution in [-0.4, -0.2) is 26.8 Å². The molecule has 1 heterocycles. The molecule has 1 aromatic heterocycles. The molecule has 0 aliphatic carbocycles. The first-order valence-electron chi connectivity index (χ1n) is 5.51. The molecular formula is C12H14N4OS. The van der Waals surface area contributed by atoms with Crippen molar-refractivity contribution in [2.45, 2.75) is 19.0 Å². The van der Waals surface area contributed by atoms with Gasteiger partial charge in [0.1, 0.15) is 6.33 Å². The van der Waals surface area contributed by atoms with E-state index in [-0.39, 0.29) is 5.91 Å². The third kappa shape index (κ3) is 3.10. The standard InChI is InChI=1S/C12H14N4OS/c1-8-4-3-5-9(2)11(8)15-10(17)6-18-12-13-7-14-16-12/h3-5,7H,6H2,1-2H3,(H,15,17)(H,13,14,16). The summed E-state index contributed by atoms with van der Waals surface area (Å²) in [7, 11) is 0. The molecule has 0 spiro atoms. The highest BCUT2D eigenvalue weighted by Crippen LogP contribution is 2.20. The number of rotatable bonds is 4. The molecule has 0 aliphatic heterocycles. The minimum absolute atomic E-state index is 0.0474. The molecule has 2 aromatic rings. The molecule has 0 fully saturated rings. The van der Waals surface area contributed by atoms with Crippen LogP contribution in [0.15, 0.2) is 29.7 Å². The zero-order chi connectivity index (χ0) is 13.0. The van der Waals surface area contributed by atoms with E-state index in [9.17, 15) is 4.79 Å². The van der Waals surface area contributed by atoms with Gasteiger partial charge in [0.25, 0.3) is 0 Å². The van der Waals surface area contributed by atoms with Gasteiger partial charge < -0.3 is 5.32 Å². The van der Waals surface area contributed by atoms with Gasteiger partial charge in [-0.15, -0.1) is 0 Å². The van der Waals surface area contributed by atoms with Gasteiger partial charge >= 0.3 is 0 Å². The monoisotopic (exact) mass is 262 g/mol.